The fourth-order valence-corrected chi connectivity index (χ4v) is 2.52. The van der Waals surface area contributed by atoms with E-state index in [0.29, 0.717) is 10.5 Å². The van der Waals surface area contributed by atoms with Gasteiger partial charge in [-0.25, -0.2) is 9.78 Å². The van der Waals surface area contributed by atoms with E-state index in [0.717, 1.165) is 11.2 Å². The van der Waals surface area contributed by atoms with Crippen molar-refractivity contribution in [1.29, 1.82) is 0 Å². The molecule has 2 heterocycles. The molecule has 106 valence electrons. The van der Waals surface area contributed by atoms with Crippen molar-refractivity contribution < 1.29 is 9.90 Å². The van der Waals surface area contributed by atoms with E-state index in [9.17, 15) is 9.90 Å². The summed E-state index contributed by atoms with van der Waals surface area (Å²) in [6, 6.07) is 6.58. The quantitative estimate of drug-likeness (QED) is 0.624. The van der Waals surface area contributed by atoms with Crippen LogP contribution in [0.25, 0.3) is 10.9 Å². The Morgan fingerprint density at radius 1 is 1.43 bits per heavy atom. The Balaban J connectivity index is 1.81. The van der Waals surface area contributed by atoms with Gasteiger partial charge in [-0.15, -0.1) is 16.5 Å². The average Bonchev–Trinajstić information content (AvgIpc) is 2.99. The molecule has 0 saturated carbocycles. The highest BCUT2D eigenvalue weighted by Crippen LogP contribution is 2.35. The number of nitrogens with one attached hydrogen (secondary N) is 2. The first-order chi connectivity index (χ1) is 10.1. The molecular formula is C13H11N5O2S. The van der Waals surface area contributed by atoms with E-state index in [-0.39, 0.29) is 11.6 Å². The van der Waals surface area contributed by atoms with Crippen LogP contribution in [0.3, 0.4) is 0 Å². The lowest BCUT2D eigenvalue weighted by Gasteiger charge is -1.94. The molecule has 0 radical (unpaired) electrons. The Morgan fingerprint density at radius 3 is 3.00 bits per heavy atom. The zero-order valence-corrected chi connectivity index (χ0v) is 11.8. The second kappa shape index (κ2) is 5.33. The molecule has 0 spiro atoms. The van der Waals surface area contributed by atoms with Crippen molar-refractivity contribution in [2.24, 2.45) is 10.2 Å². The first kappa shape index (κ1) is 13.3. The molecule has 0 aliphatic rings. The van der Waals surface area contributed by atoms with Gasteiger partial charge in [0.25, 0.3) is 0 Å². The number of aromatic amines is 1. The van der Waals surface area contributed by atoms with Gasteiger partial charge in [0.05, 0.1) is 11.2 Å². The third kappa shape index (κ3) is 2.75. The second-order valence-corrected chi connectivity index (χ2v) is 5.15. The number of amides is 2. The number of hydrogen-bond acceptors (Lipinski definition) is 5. The molecule has 0 bridgehead atoms. The highest BCUT2D eigenvalue weighted by atomic mass is 32.1. The normalized spacial score (nSPS) is 11.3. The minimum Gasteiger partial charge on any atom is -0.493 e. The molecule has 2 aromatic heterocycles. The number of carbonyl (C=O) groups is 1. The molecule has 8 heteroatoms. The van der Waals surface area contributed by atoms with E-state index in [1.807, 2.05) is 24.4 Å². The molecule has 3 N–H and O–H groups in total. The fourth-order valence-electron chi connectivity index (χ4n) is 1.84. The molecule has 0 aliphatic carbocycles. The van der Waals surface area contributed by atoms with Crippen LogP contribution in [-0.2, 0) is 0 Å². The number of aromatic hydroxyl groups is 1. The summed E-state index contributed by atoms with van der Waals surface area (Å²) in [5, 5.41) is 22.6. The zero-order chi connectivity index (χ0) is 14.8. The molecule has 0 atom stereocenters. The Morgan fingerprint density at radius 2 is 2.24 bits per heavy atom. The number of azo groups is 1. The van der Waals surface area contributed by atoms with Crippen LogP contribution in [0.1, 0.15) is 5.69 Å². The molecular weight excluding hydrogens is 290 g/mol. The number of fused-ring (bicyclic) bond motifs is 1. The average molecular weight is 301 g/mol. The fraction of sp³-hybridized carbons (Fsp3) is 0.0769. The number of thiazole rings is 1. The van der Waals surface area contributed by atoms with Crippen molar-refractivity contribution in [3.8, 4) is 5.88 Å². The summed E-state index contributed by atoms with van der Waals surface area (Å²) in [6.45, 7) is 1.83. The number of para-hydroxylation sites is 1. The van der Waals surface area contributed by atoms with E-state index in [1.54, 1.807) is 12.1 Å². The van der Waals surface area contributed by atoms with Crippen molar-refractivity contribution in [2.75, 3.05) is 5.32 Å². The van der Waals surface area contributed by atoms with Crippen LogP contribution in [0.15, 0.2) is 39.9 Å². The summed E-state index contributed by atoms with van der Waals surface area (Å²) in [5.74, 6) is -0.127. The molecule has 0 fully saturated rings. The maximum absolute atomic E-state index is 11.7. The Hall–Kier alpha value is -2.74. The summed E-state index contributed by atoms with van der Waals surface area (Å²) in [7, 11) is 0. The minimum atomic E-state index is -0.644. The largest absolute Gasteiger partial charge is 0.493 e. The molecule has 0 saturated heterocycles. The number of rotatable bonds is 2. The number of H-pyrrole nitrogens is 1. The number of aromatic nitrogens is 2. The lowest BCUT2D eigenvalue weighted by Crippen LogP contribution is -2.04. The monoisotopic (exact) mass is 301 g/mol. The van der Waals surface area contributed by atoms with Crippen molar-refractivity contribution in [3.63, 3.8) is 0 Å². The number of aryl methyl sites for hydroxylation is 1. The third-order valence-corrected chi connectivity index (χ3v) is 3.61. The topological polar surface area (TPSA) is 103 Å². The van der Waals surface area contributed by atoms with Crippen LogP contribution in [0.2, 0.25) is 0 Å². The van der Waals surface area contributed by atoms with Gasteiger partial charge in [-0.05, 0) is 13.0 Å². The summed E-state index contributed by atoms with van der Waals surface area (Å²) in [6.07, 6.45) is 0. The van der Waals surface area contributed by atoms with Crippen LogP contribution in [0.5, 0.6) is 5.88 Å². The van der Waals surface area contributed by atoms with Gasteiger partial charge in [-0.1, -0.05) is 23.3 Å². The predicted octanol–water partition coefficient (Wildman–Crippen LogP) is 3.95. The van der Waals surface area contributed by atoms with Crippen LogP contribution >= 0.6 is 11.3 Å². The number of anilines is 1. The first-order valence-electron chi connectivity index (χ1n) is 6.08. The van der Waals surface area contributed by atoms with Crippen LogP contribution in [-0.4, -0.2) is 21.1 Å². The Bertz CT molecular complexity index is 836. The third-order valence-electron chi connectivity index (χ3n) is 2.73. The summed E-state index contributed by atoms with van der Waals surface area (Å²) in [5.41, 5.74) is 1.78. The lowest BCUT2D eigenvalue weighted by molar-refractivity contribution is 0.258. The molecule has 21 heavy (non-hydrogen) atoms. The molecule has 0 aliphatic heterocycles. The SMILES string of the molecule is Cc1csc(NC(=O)N=Nc2c(O)[nH]c3ccccc23)n1. The van der Waals surface area contributed by atoms with Crippen LogP contribution in [0, 0.1) is 6.92 Å². The van der Waals surface area contributed by atoms with Crippen LogP contribution < -0.4 is 5.32 Å². The van der Waals surface area contributed by atoms with E-state index in [2.05, 4.69) is 25.5 Å². The molecule has 0 unspecified atom stereocenters. The van der Waals surface area contributed by atoms with Gasteiger partial charge in [0, 0.05) is 10.8 Å². The minimum absolute atomic E-state index is 0.127. The number of nitrogens with zero attached hydrogens (tertiary/aromatic N) is 3. The van der Waals surface area contributed by atoms with E-state index >= 15 is 0 Å². The van der Waals surface area contributed by atoms with Gasteiger partial charge in [0.1, 0.15) is 0 Å². The first-order valence-corrected chi connectivity index (χ1v) is 6.96. The van der Waals surface area contributed by atoms with Crippen molar-refractivity contribution in [2.45, 2.75) is 6.92 Å². The van der Waals surface area contributed by atoms with E-state index < -0.39 is 6.03 Å². The zero-order valence-electron chi connectivity index (χ0n) is 11.0. The van der Waals surface area contributed by atoms with Gasteiger partial charge in [-0.2, -0.15) is 0 Å². The molecule has 3 aromatic rings. The summed E-state index contributed by atoms with van der Waals surface area (Å²) >= 11 is 1.31. The van der Waals surface area contributed by atoms with Crippen molar-refractivity contribution in [1.82, 2.24) is 9.97 Å². The number of hydrogen-bond donors (Lipinski definition) is 3. The lowest BCUT2D eigenvalue weighted by atomic mass is 10.2. The highest BCUT2D eigenvalue weighted by molar-refractivity contribution is 7.13. The summed E-state index contributed by atoms with van der Waals surface area (Å²) in [4.78, 5) is 18.5. The number of urea groups is 1. The van der Waals surface area contributed by atoms with Gasteiger partial charge in [0.15, 0.2) is 10.8 Å². The molecule has 2 amide bonds. The van der Waals surface area contributed by atoms with Crippen molar-refractivity contribution in [3.05, 3.63) is 35.3 Å². The van der Waals surface area contributed by atoms with Gasteiger partial charge in [0.2, 0.25) is 5.88 Å². The number of benzene rings is 1. The van der Waals surface area contributed by atoms with Gasteiger partial charge < -0.3 is 10.1 Å². The van der Waals surface area contributed by atoms with E-state index in [1.165, 1.54) is 11.3 Å². The Kier molecular flexibility index (Phi) is 3.36. The Labute approximate surface area is 123 Å². The molecule has 7 nitrogen and oxygen atoms in total. The number of carbonyl (C=O) groups excluding carboxylic acids is 1. The second-order valence-electron chi connectivity index (χ2n) is 4.29. The van der Waals surface area contributed by atoms with Crippen molar-refractivity contribution >= 4 is 39.1 Å². The van der Waals surface area contributed by atoms with Gasteiger partial charge in [-0.3, -0.25) is 5.32 Å². The maximum atomic E-state index is 11.7. The molecule has 1 aromatic carbocycles. The van der Waals surface area contributed by atoms with E-state index in [4.69, 9.17) is 0 Å². The van der Waals surface area contributed by atoms with Crippen LogP contribution in [0.4, 0.5) is 15.6 Å². The highest BCUT2D eigenvalue weighted by Gasteiger charge is 2.10. The maximum Gasteiger partial charge on any atom is 0.365 e. The summed E-state index contributed by atoms with van der Waals surface area (Å²) < 4.78 is 0. The standard InChI is InChI=1S/C13H11N5O2S/c1-7-6-21-13(14-7)16-12(20)18-17-10-8-4-2-3-5-9(8)15-11(10)19/h2-6,15,19H,1H3,(H,14,16,20). The smallest absolute Gasteiger partial charge is 0.365 e. The molecule has 3 rings (SSSR count). The van der Waals surface area contributed by atoms with Gasteiger partial charge >= 0.3 is 6.03 Å². The predicted molar refractivity (Wildman–Crippen MR) is 80.3 cm³/mol.